The number of aromatic amines is 1. The Morgan fingerprint density at radius 3 is 2.75 bits per heavy atom. The summed E-state index contributed by atoms with van der Waals surface area (Å²) in [6.07, 6.45) is 1.61. The van der Waals surface area contributed by atoms with E-state index in [-0.39, 0.29) is 5.91 Å². The highest BCUT2D eigenvalue weighted by molar-refractivity contribution is 5.96. The van der Waals surface area contributed by atoms with E-state index in [4.69, 9.17) is 4.42 Å². The molecule has 0 atom stereocenters. The van der Waals surface area contributed by atoms with E-state index in [0.717, 1.165) is 11.1 Å². The topological polar surface area (TPSA) is 49.2 Å². The summed E-state index contributed by atoms with van der Waals surface area (Å²) in [5.74, 6) is -0.0113. The van der Waals surface area contributed by atoms with Gasteiger partial charge in [-0.3, -0.25) is 4.79 Å². The molecular weight excluding hydrogens is 252 g/mol. The number of fused-ring (bicyclic) bond motifs is 1. The zero-order valence-electron chi connectivity index (χ0n) is 11.3. The van der Waals surface area contributed by atoms with Gasteiger partial charge in [0.15, 0.2) is 5.58 Å². The van der Waals surface area contributed by atoms with Crippen molar-refractivity contribution in [2.24, 2.45) is 0 Å². The molecule has 0 aliphatic carbocycles. The molecule has 2 heterocycles. The van der Waals surface area contributed by atoms with Crippen molar-refractivity contribution in [2.75, 3.05) is 6.54 Å². The van der Waals surface area contributed by atoms with Crippen LogP contribution in [0, 0.1) is 0 Å². The predicted octanol–water partition coefficient (Wildman–Crippen LogP) is 3.42. The average Bonchev–Trinajstić information content (AvgIpc) is 3.06. The molecule has 1 aromatic carbocycles. The highest BCUT2D eigenvalue weighted by atomic mass is 16.3. The number of carbonyl (C=O) groups excluding carboxylic acids is 1. The molecule has 0 unspecified atom stereocenters. The van der Waals surface area contributed by atoms with Crippen molar-refractivity contribution in [3.05, 3.63) is 60.0 Å². The summed E-state index contributed by atoms with van der Waals surface area (Å²) in [5, 5.41) is 0. The molecular formula is C16H16N2O2. The molecule has 0 aliphatic rings. The molecule has 1 N–H and O–H groups in total. The van der Waals surface area contributed by atoms with Crippen LogP contribution in [0.3, 0.4) is 0 Å². The molecule has 0 spiro atoms. The quantitative estimate of drug-likeness (QED) is 0.788. The van der Waals surface area contributed by atoms with Crippen molar-refractivity contribution < 1.29 is 9.21 Å². The van der Waals surface area contributed by atoms with Crippen LogP contribution in [0.4, 0.5) is 0 Å². The van der Waals surface area contributed by atoms with E-state index in [1.165, 1.54) is 0 Å². The van der Waals surface area contributed by atoms with Gasteiger partial charge in [0.2, 0.25) is 0 Å². The Bertz CT molecular complexity index is 684. The molecule has 0 aliphatic heterocycles. The Hall–Kier alpha value is -2.49. The van der Waals surface area contributed by atoms with Crippen LogP contribution in [0.2, 0.25) is 0 Å². The predicted molar refractivity (Wildman–Crippen MR) is 77.4 cm³/mol. The summed E-state index contributed by atoms with van der Waals surface area (Å²) in [5.41, 5.74) is 3.25. The number of carbonyl (C=O) groups is 1. The zero-order valence-corrected chi connectivity index (χ0v) is 11.3. The van der Waals surface area contributed by atoms with Crippen molar-refractivity contribution in [3.8, 4) is 0 Å². The van der Waals surface area contributed by atoms with E-state index in [0.29, 0.717) is 24.4 Å². The Morgan fingerprint density at radius 1 is 1.25 bits per heavy atom. The maximum absolute atomic E-state index is 12.5. The van der Waals surface area contributed by atoms with Crippen molar-refractivity contribution >= 4 is 17.0 Å². The largest absolute Gasteiger partial charge is 0.463 e. The number of amides is 1. The molecule has 4 nitrogen and oxygen atoms in total. The van der Waals surface area contributed by atoms with Crippen LogP contribution < -0.4 is 0 Å². The molecule has 3 rings (SSSR count). The summed E-state index contributed by atoms with van der Waals surface area (Å²) in [7, 11) is 0. The molecule has 20 heavy (non-hydrogen) atoms. The van der Waals surface area contributed by atoms with Crippen LogP contribution in [0.1, 0.15) is 23.0 Å². The molecule has 0 fully saturated rings. The highest BCUT2D eigenvalue weighted by Crippen LogP contribution is 2.18. The van der Waals surface area contributed by atoms with Crippen LogP contribution in [-0.2, 0) is 6.54 Å². The lowest BCUT2D eigenvalue weighted by Gasteiger charge is -2.20. The fourth-order valence-electron chi connectivity index (χ4n) is 2.26. The van der Waals surface area contributed by atoms with Crippen LogP contribution in [-0.4, -0.2) is 22.3 Å². The number of rotatable bonds is 4. The number of nitrogens with zero attached hydrogens (tertiary/aromatic N) is 1. The van der Waals surface area contributed by atoms with E-state index in [9.17, 15) is 4.79 Å². The standard InChI is InChI=1S/C16H16N2O2/c1-2-18(11-12-6-4-3-5-7-12)16(19)14-10-15-13(17-14)8-9-20-15/h3-10,17H,2,11H2,1H3. The maximum Gasteiger partial charge on any atom is 0.270 e. The van der Waals surface area contributed by atoms with Crippen LogP contribution in [0.25, 0.3) is 11.1 Å². The average molecular weight is 268 g/mol. The molecule has 0 saturated carbocycles. The van der Waals surface area contributed by atoms with Crippen molar-refractivity contribution in [1.29, 1.82) is 0 Å². The number of aromatic nitrogens is 1. The number of hydrogen-bond acceptors (Lipinski definition) is 2. The number of furan rings is 1. The van der Waals surface area contributed by atoms with Crippen LogP contribution in [0.5, 0.6) is 0 Å². The van der Waals surface area contributed by atoms with Gasteiger partial charge in [-0.2, -0.15) is 0 Å². The summed E-state index contributed by atoms with van der Waals surface area (Å²) in [6, 6.07) is 13.6. The van der Waals surface area contributed by atoms with Gasteiger partial charge in [-0.15, -0.1) is 0 Å². The first-order chi connectivity index (χ1) is 9.78. The molecule has 102 valence electrons. The Kier molecular flexibility index (Phi) is 3.29. The SMILES string of the molecule is CCN(Cc1ccccc1)C(=O)c1cc2occc2[nH]1. The lowest BCUT2D eigenvalue weighted by Crippen LogP contribution is -2.30. The number of hydrogen-bond donors (Lipinski definition) is 1. The first kappa shape index (κ1) is 12.5. The molecule has 0 saturated heterocycles. The van der Waals surface area contributed by atoms with E-state index >= 15 is 0 Å². The molecule has 3 aromatic rings. The van der Waals surface area contributed by atoms with Gasteiger partial charge in [0.25, 0.3) is 5.91 Å². The lowest BCUT2D eigenvalue weighted by atomic mass is 10.2. The minimum absolute atomic E-state index is 0.0113. The van der Waals surface area contributed by atoms with Gasteiger partial charge in [0, 0.05) is 25.2 Å². The van der Waals surface area contributed by atoms with Gasteiger partial charge < -0.3 is 14.3 Å². The fraction of sp³-hybridized carbons (Fsp3) is 0.188. The van der Waals surface area contributed by atoms with Crippen LogP contribution >= 0.6 is 0 Å². The molecule has 0 radical (unpaired) electrons. The first-order valence-electron chi connectivity index (χ1n) is 6.67. The number of nitrogens with one attached hydrogen (secondary N) is 1. The molecule has 1 amide bonds. The second-order valence-corrected chi connectivity index (χ2v) is 4.69. The van der Waals surface area contributed by atoms with Gasteiger partial charge in [0.1, 0.15) is 5.69 Å². The monoisotopic (exact) mass is 268 g/mol. The van der Waals surface area contributed by atoms with Crippen molar-refractivity contribution in [3.63, 3.8) is 0 Å². The third-order valence-corrected chi connectivity index (χ3v) is 3.36. The Balaban J connectivity index is 1.81. The van der Waals surface area contributed by atoms with Gasteiger partial charge >= 0.3 is 0 Å². The van der Waals surface area contributed by atoms with Gasteiger partial charge in [-0.05, 0) is 12.5 Å². The lowest BCUT2D eigenvalue weighted by molar-refractivity contribution is 0.0747. The second-order valence-electron chi connectivity index (χ2n) is 4.69. The smallest absolute Gasteiger partial charge is 0.270 e. The van der Waals surface area contributed by atoms with Gasteiger partial charge in [-0.25, -0.2) is 0 Å². The van der Waals surface area contributed by atoms with Crippen molar-refractivity contribution in [1.82, 2.24) is 9.88 Å². The number of H-pyrrole nitrogens is 1. The minimum Gasteiger partial charge on any atom is -0.463 e. The summed E-state index contributed by atoms with van der Waals surface area (Å²) in [6.45, 7) is 3.25. The third-order valence-electron chi connectivity index (χ3n) is 3.36. The molecule has 4 heteroatoms. The van der Waals surface area contributed by atoms with E-state index in [1.54, 1.807) is 17.2 Å². The summed E-state index contributed by atoms with van der Waals surface area (Å²) >= 11 is 0. The van der Waals surface area contributed by atoms with Gasteiger partial charge in [-0.1, -0.05) is 30.3 Å². The fourth-order valence-corrected chi connectivity index (χ4v) is 2.26. The van der Waals surface area contributed by atoms with E-state index in [1.807, 2.05) is 43.3 Å². The Labute approximate surface area is 117 Å². The number of benzene rings is 1. The Morgan fingerprint density at radius 2 is 2.05 bits per heavy atom. The zero-order chi connectivity index (χ0) is 13.9. The van der Waals surface area contributed by atoms with Crippen LogP contribution in [0.15, 0.2) is 53.1 Å². The molecule has 0 bridgehead atoms. The summed E-state index contributed by atoms with van der Waals surface area (Å²) in [4.78, 5) is 17.4. The third kappa shape index (κ3) is 2.32. The van der Waals surface area contributed by atoms with E-state index < -0.39 is 0 Å². The van der Waals surface area contributed by atoms with E-state index in [2.05, 4.69) is 4.98 Å². The summed E-state index contributed by atoms with van der Waals surface area (Å²) < 4.78 is 5.28. The molecule has 2 aromatic heterocycles. The highest BCUT2D eigenvalue weighted by Gasteiger charge is 2.17. The second kappa shape index (κ2) is 5.25. The van der Waals surface area contributed by atoms with Gasteiger partial charge in [0.05, 0.1) is 11.8 Å². The van der Waals surface area contributed by atoms with Crippen molar-refractivity contribution in [2.45, 2.75) is 13.5 Å². The minimum atomic E-state index is -0.0113. The maximum atomic E-state index is 12.5. The normalized spacial score (nSPS) is 10.8. The first-order valence-corrected chi connectivity index (χ1v) is 6.67.